The van der Waals surface area contributed by atoms with E-state index in [1.165, 1.54) is 10.3 Å². The topological polar surface area (TPSA) is 57.2 Å². The lowest BCUT2D eigenvalue weighted by Crippen LogP contribution is -2.47. The highest BCUT2D eigenvalue weighted by Crippen LogP contribution is 2.29. The van der Waals surface area contributed by atoms with Crippen molar-refractivity contribution in [1.29, 1.82) is 0 Å². The second kappa shape index (κ2) is 6.86. The van der Waals surface area contributed by atoms with Gasteiger partial charge in [0.1, 0.15) is 0 Å². The Morgan fingerprint density at radius 3 is 2.64 bits per heavy atom. The molecule has 0 aliphatic carbocycles. The number of nitrogens with one attached hydrogen (secondary N) is 1. The molecule has 3 heterocycles. The number of hydrogen-bond acceptors (Lipinski definition) is 8. The molecule has 1 unspecified atom stereocenters. The maximum Gasteiger partial charge on any atom is 0.210 e. The zero-order valence-corrected chi connectivity index (χ0v) is 16.3. The fourth-order valence-electron chi connectivity index (χ4n) is 3.28. The first-order valence-corrected chi connectivity index (χ1v) is 10.1. The molecule has 3 aromatic rings. The van der Waals surface area contributed by atoms with Crippen molar-refractivity contribution < 1.29 is 0 Å². The summed E-state index contributed by atoms with van der Waals surface area (Å²) in [4.78, 5) is 9.50. The van der Waals surface area contributed by atoms with Crippen molar-refractivity contribution in [3.05, 3.63) is 28.8 Å². The van der Waals surface area contributed by atoms with Gasteiger partial charge in [-0.25, -0.2) is 4.98 Å². The van der Waals surface area contributed by atoms with E-state index in [2.05, 4.69) is 62.3 Å². The molecular weight excluding hydrogens is 352 g/mol. The fraction of sp³-hybridized carbons (Fsp3) is 0.471. The van der Waals surface area contributed by atoms with Crippen LogP contribution in [0.1, 0.15) is 23.5 Å². The van der Waals surface area contributed by atoms with Gasteiger partial charge in [-0.3, -0.25) is 4.90 Å². The third-order valence-electron chi connectivity index (χ3n) is 4.76. The molecule has 1 fully saturated rings. The van der Waals surface area contributed by atoms with Gasteiger partial charge in [-0.05, 0) is 31.5 Å². The van der Waals surface area contributed by atoms with Gasteiger partial charge in [-0.15, -0.1) is 21.5 Å². The third kappa shape index (κ3) is 3.33. The summed E-state index contributed by atoms with van der Waals surface area (Å²) >= 11 is 3.38. The lowest BCUT2D eigenvalue weighted by Gasteiger charge is -2.37. The standard InChI is InChI=1S/C17H22N6S2/c1-11(13-4-5-15-14(10-13)19-12(2)24-15)22-6-8-23(9-7-22)17-21-20-16(18-3)25-17/h4-5,10-11H,6-9H2,1-3H3,(H,18,20). The molecule has 2 aromatic heterocycles. The number of piperazine rings is 1. The van der Waals surface area contributed by atoms with Crippen molar-refractivity contribution in [2.45, 2.75) is 19.9 Å². The molecule has 0 amide bonds. The van der Waals surface area contributed by atoms with Crippen molar-refractivity contribution in [2.24, 2.45) is 0 Å². The second-order valence-corrected chi connectivity index (χ2v) is 8.49. The molecule has 0 spiro atoms. The molecule has 1 aliphatic rings. The minimum Gasteiger partial charge on any atom is -0.363 e. The number of rotatable bonds is 4. The zero-order chi connectivity index (χ0) is 17.4. The van der Waals surface area contributed by atoms with E-state index in [0.29, 0.717) is 6.04 Å². The molecule has 1 N–H and O–H groups in total. The van der Waals surface area contributed by atoms with Crippen LogP contribution >= 0.6 is 22.7 Å². The normalized spacial score (nSPS) is 17.2. The molecule has 1 aromatic carbocycles. The van der Waals surface area contributed by atoms with Crippen LogP contribution in [0.2, 0.25) is 0 Å². The summed E-state index contributed by atoms with van der Waals surface area (Å²) in [5.74, 6) is 0. The maximum absolute atomic E-state index is 4.64. The quantitative estimate of drug-likeness (QED) is 0.755. The number of fused-ring (bicyclic) bond motifs is 1. The monoisotopic (exact) mass is 374 g/mol. The predicted molar refractivity (Wildman–Crippen MR) is 106 cm³/mol. The summed E-state index contributed by atoms with van der Waals surface area (Å²) in [6, 6.07) is 7.11. The molecule has 0 bridgehead atoms. The summed E-state index contributed by atoms with van der Waals surface area (Å²) in [5.41, 5.74) is 2.47. The number of anilines is 2. The van der Waals surface area contributed by atoms with Gasteiger partial charge in [-0.2, -0.15) is 0 Å². The van der Waals surface area contributed by atoms with Gasteiger partial charge in [-0.1, -0.05) is 17.4 Å². The maximum atomic E-state index is 4.64. The van der Waals surface area contributed by atoms with Gasteiger partial charge < -0.3 is 10.2 Å². The van der Waals surface area contributed by atoms with Crippen molar-refractivity contribution in [3.8, 4) is 0 Å². The van der Waals surface area contributed by atoms with E-state index >= 15 is 0 Å². The van der Waals surface area contributed by atoms with Gasteiger partial charge in [0.15, 0.2) is 0 Å². The third-order valence-corrected chi connectivity index (χ3v) is 6.72. The minimum absolute atomic E-state index is 0.399. The molecule has 1 atom stereocenters. The second-order valence-electron chi connectivity index (χ2n) is 6.30. The molecule has 4 rings (SSSR count). The first-order valence-electron chi connectivity index (χ1n) is 8.51. The van der Waals surface area contributed by atoms with Crippen LogP contribution in [0.3, 0.4) is 0 Å². The first kappa shape index (κ1) is 16.7. The Labute approximate surface area is 155 Å². The minimum atomic E-state index is 0.399. The van der Waals surface area contributed by atoms with Gasteiger partial charge in [0.2, 0.25) is 10.3 Å². The number of aromatic nitrogens is 3. The molecule has 8 heteroatoms. The van der Waals surface area contributed by atoms with E-state index in [-0.39, 0.29) is 0 Å². The van der Waals surface area contributed by atoms with Gasteiger partial charge >= 0.3 is 0 Å². The van der Waals surface area contributed by atoms with E-state index < -0.39 is 0 Å². The molecule has 0 saturated carbocycles. The summed E-state index contributed by atoms with van der Waals surface area (Å²) in [6.45, 7) is 8.40. The summed E-state index contributed by atoms with van der Waals surface area (Å²) in [5, 5.41) is 14.5. The molecule has 6 nitrogen and oxygen atoms in total. The Morgan fingerprint density at radius 2 is 1.92 bits per heavy atom. The van der Waals surface area contributed by atoms with Crippen LogP contribution in [0.15, 0.2) is 18.2 Å². The zero-order valence-electron chi connectivity index (χ0n) is 14.7. The van der Waals surface area contributed by atoms with Crippen LogP contribution in [0.5, 0.6) is 0 Å². The molecule has 132 valence electrons. The highest BCUT2D eigenvalue weighted by molar-refractivity contribution is 7.19. The van der Waals surface area contributed by atoms with Crippen LogP contribution in [0, 0.1) is 6.92 Å². The first-order chi connectivity index (χ1) is 12.1. The Kier molecular flexibility index (Phi) is 4.58. The fourth-order valence-corrected chi connectivity index (χ4v) is 4.83. The average molecular weight is 375 g/mol. The van der Waals surface area contributed by atoms with E-state index in [0.717, 1.165) is 47.0 Å². The largest absolute Gasteiger partial charge is 0.363 e. The molecule has 25 heavy (non-hydrogen) atoms. The van der Waals surface area contributed by atoms with Crippen molar-refractivity contribution in [1.82, 2.24) is 20.1 Å². The number of nitrogens with zero attached hydrogens (tertiary/aromatic N) is 5. The lowest BCUT2D eigenvalue weighted by molar-refractivity contribution is 0.198. The van der Waals surface area contributed by atoms with Crippen molar-refractivity contribution >= 4 is 43.2 Å². The van der Waals surface area contributed by atoms with Crippen LogP contribution in [-0.2, 0) is 0 Å². The van der Waals surface area contributed by atoms with Crippen molar-refractivity contribution in [2.75, 3.05) is 43.4 Å². The summed E-state index contributed by atoms with van der Waals surface area (Å²) < 4.78 is 1.27. The lowest BCUT2D eigenvalue weighted by atomic mass is 10.1. The number of aryl methyl sites for hydroxylation is 1. The highest BCUT2D eigenvalue weighted by Gasteiger charge is 2.24. The molecule has 1 saturated heterocycles. The highest BCUT2D eigenvalue weighted by atomic mass is 32.1. The Bertz CT molecular complexity index is 865. The van der Waals surface area contributed by atoms with Crippen LogP contribution in [0.4, 0.5) is 10.3 Å². The van der Waals surface area contributed by atoms with E-state index in [1.54, 1.807) is 22.7 Å². The summed E-state index contributed by atoms with van der Waals surface area (Å²) in [7, 11) is 1.88. The Morgan fingerprint density at radius 1 is 1.12 bits per heavy atom. The smallest absolute Gasteiger partial charge is 0.210 e. The van der Waals surface area contributed by atoms with E-state index in [1.807, 2.05) is 7.05 Å². The SMILES string of the molecule is CNc1nnc(N2CCN(C(C)c3ccc4sc(C)nc4c3)CC2)s1. The van der Waals surface area contributed by atoms with Crippen molar-refractivity contribution in [3.63, 3.8) is 0 Å². The van der Waals surface area contributed by atoms with E-state index in [9.17, 15) is 0 Å². The molecule has 1 aliphatic heterocycles. The number of benzene rings is 1. The Hall–Kier alpha value is -1.77. The van der Waals surface area contributed by atoms with Crippen LogP contribution in [0.25, 0.3) is 10.2 Å². The van der Waals surface area contributed by atoms with Gasteiger partial charge in [0.25, 0.3) is 0 Å². The molecular formula is C17H22N6S2. The van der Waals surface area contributed by atoms with Crippen LogP contribution in [-0.4, -0.2) is 53.3 Å². The average Bonchev–Trinajstić information content (AvgIpc) is 3.26. The molecule has 0 radical (unpaired) electrons. The number of thiazole rings is 1. The predicted octanol–water partition coefficient (Wildman–Crippen LogP) is 3.38. The van der Waals surface area contributed by atoms with Crippen LogP contribution < -0.4 is 10.2 Å². The summed E-state index contributed by atoms with van der Waals surface area (Å²) in [6.07, 6.45) is 0. The van der Waals surface area contributed by atoms with Gasteiger partial charge in [0, 0.05) is 39.3 Å². The number of hydrogen-bond donors (Lipinski definition) is 1. The van der Waals surface area contributed by atoms with E-state index in [4.69, 9.17) is 0 Å². The van der Waals surface area contributed by atoms with Gasteiger partial charge in [0.05, 0.1) is 15.2 Å². The Balaban J connectivity index is 1.43.